The zero-order valence-corrected chi connectivity index (χ0v) is 11.4. The standard InChI is InChI=1S/C13H13F3N4O/c1-3-20-8(2)10(7-18-20)19-12(21)9-4-5-11(17-6-9)13(14,15)16/h4-7H,3H2,1-2H3,(H,19,21). The first-order chi connectivity index (χ1) is 9.82. The van der Waals surface area contributed by atoms with Gasteiger partial charge in [0.05, 0.1) is 23.1 Å². The fourth-order valence-electron chi connectivity index (χ4n) is 1.78. The van der Waals surface area contributed by atoms with Gasteiger partial charge in [0.25, 0.3) is 5.91 Å². The van der Waals surface area contributed by atoms with Crippen LogP contribution in [0.4, 0.5) is 18.9 Å². The molecule has 0 radical (unpaired) electrons. The maximum Gasteiger partial charge on any atom is 0.433 e. The molecule has 0 spiro atoms. The first-order valence-corrected chi connectivity index (χ1v) is 6.20. The molecule has 2 heterocycles. The second kappa shape index (κ2) is 5.55. The summed E-state index contributed by atoms with van der Waals surface area (Å²) in [7, 11) is 0. The average Bonchev–Trinajstić information content (AvgIpc) is 2.79. The molecular weight excluding hydrogens is 285 g/mol. The van der Waals surface area contributed by atoms with Crippen molar-refractivity contribution in [3.8, 4) is 0 Å². The van der Waals surface area contributed by atoms with E-state index in [1.54, 1.807) is 11.6 Å². The number of rotatable bonds is 3. The molecule has 1 amide bonds. The van der Waals surface area contributed by atoms with Crippen molar-refractivity contribution in [2.24, 2.45) is 0 Å². The SMILES string of the molecule is CCn1ncc(NC(=O)c2ccc(C(F)(F)F)nc2)c1C. The molecule has 112 valence electrons. The molecule has 0 bridgehead atoms. The summed E-state index contributed by atoms with van der Waals surface area (Å²) in [5, 5.41) is 6.66. The Kier molecular flexibility index (Phi) is 3.97. The molecule has 1 N–H and O–H groups in total. The lowest BCUT2D eigenvalue weighted by Gasteiger charge is -2.07. The molecule has 0 fully saturated rings. The van der Waals surface area contributed by atoms with Crippen molar-refractivity contribution in [1.82, 2.24) is 14.8 Å². The van der Waals surface area contributed by atoms with E-state index in [9.17, 15) is 18.0 Å². The van der Waals surface area contributed by atoms with Crippen molar-refractivity contribution < 1.29 is 18.0 Å². The van der Waals surface area contributed by atoms with Crippen LogP contribution >= 0.6 is 0 Å². The van der Waals surface area contributed by atoms with Crippen LogP contribution in [0.25, 0.3) is 0 Å². The minimum absolute atomic E-state index is 0.0478. The fourth-order valence-corrected chi connectivity index (χ4v) is 1.78. The second-order valence-corrected chi connectivity index (χ2v) is 4.34. The molecule has 2 aromatic heterocycles. The van der Waals surface area contributed by atoms with Crippen LogP contribution in [0.2, 0.25) is 0 Å². The Hall–Kier alpha value is -2.38. The maximum atomic E-state index is 12.4. The summed E-state index contributed by atoms with van der Waals surface area (Å²) in [6, 6.07) is 1.86. The van der Waals surface area contributed by atoms with Crippen molar-refractivity contribution in [3.05, 3.63) is 41.5 Å². The molecule has 0 saturated carbocycles. The van der Waals surface area contributed by atoms with Gasteiger partial charge in [-0.05, 0) is 26.0 Å². The normalized spacial score (nSPS) is 11.5. The van der Waals surface area contributed by atoms with E-state index in [1.807, 2.05) is 6.92 Å². The minimum atomic E-state index is -4.52. The van der Waals surface area contributed by atoms with Gasteiger partial charge in [0.1, 0.15) is 5.69 Å². The van der Waals surface area contributed by atoms with Crippen molar-refractivity contribution in [2.75, 3.05) is 5.32 Å². The zero-order chi connectivity index (χ0) is 15.6. The zero-order valence-electron chi connectivity index (χ0n) is 11.4. The fraction of sp³-hybridized carbons (Fsp3) is 0.308. The second-order valence-electron chi connectivity index (χ2n) is 4.34. The molecule has 0 aliphatic carbocycles. The first kappa shape index (κ1) is 15.0. The summed E-state index contributed by atoms with van der Waals surface area (Å²) >= 11 is 0. The number of carbonyl (C=O) groups is 1. The van der Waals surface area contributed by atoms with Crippen LogP contribution in [-0.4, -0.2) is 20.7 Å². The number of aryl methyl sites for hydroxylation is 1. The van der Waals surface area contributed by atoms with E-state index < -0.39 is 17.8 Å². The highest BCUT2D eigenvalue weighted by atomic mass is 19.4. The summed E-state index contributed by atoms with van der Waals surface area (Å²) in [6.45, 7) is 4.35. The largest absolute Gasteiger partial charge is 0.433 e. The third-order valence-corrected chi connectivity index (χ3v) is 2.97. The van der Waals surface area contributed by atoms with Crippen molar-refractivity contribution in [3.63, 3.8) is 0 Å². The van der Waals surface area contributed by atoms with Gasteiger partial charge in [-0.25, -0.2) is 0 Å². The van der Waals surface area contributed by atoms with Crippen molar-refractivity contribution >= 4 is 11.6 Å². The Balaban J connectivity index is 2.15. The number of anilines is 1. The number of aromatic nitrogens is 3. The molecule has 0 aromatic carbocycles. The van der Waals surface area contributed by atoms with Gasteiger partial charge in [0.15, 0.2) is 0 Å². The van der Waals surface area contributed by atoms with Gasteiger partial charge in [-0.3, -0.25) is 14.5 Å². The molecule has 21 heavy (non-hydrogen) atoms. The Morgan fingerprint density at radius 2 is 2.05 bits per heavy atom. The Morgan fingerprint density at radius 1 is 1.33 bits per heavy atom. The third kappa shape index (κ3) is 3.21. The van der Waals surface area contributed by atoms with Crippen LogP contribution in [0.5, 0.6) is 0 Å². The predicted molar refractivity (Wildman–Crippen MR) is 69.8 cm³/mol. The van der Waals surface area contributed by atoms with E-state index in [0.717, 1.165) is 24.0 Å². The number of amides is 1. The van der Waals surface area contributed by atoms with Crippen LogP contribution in [0.15, 0.2) is 24.5 Å². The van der Waals surface area contributed by atoms with Gasteiger partial charge < -0.3 is 5.32 Å². The van der Waals surface area contributed by atoms with E-state index >= 15 is 0 Å². The van der Waals surface area contributed by atoms with Gasteiger partial charge in [0, 0.05) is 12.7 Å². The molecule has 2 rings (SSSR count). The van der Waals surface area contributed by atoms with Crippen LogP contribution in [0, 0.1) is 6.92 Å². The number of halogens is 3. The van der Waals surface area contributed by atoms with Crippen LogP contribution in [-0.2, 0) is 12.7 Å². The summed E-state index contributed by atoms with van der Waals surface area (Å²) in [4.78, 5) is 15.2. The number of hydrogen-bond acceptors (Lipinski definition) is 3. The monoisotopic (exact) mass is 298 g/mol. The number of carbonyl (C=O) groups excluding carboxylic acids is 1. The molecule has 0 unspecified atom stereocenters. The third-order valence-electron chi connectivity index (χ3n) is 2.97. The summed E-state index contributed by atoms with van der Waals surface area (Å²) in [5.41, 5.74) is 0.299. The molecule has 0 saturated heterocycles. The highest BCUT2D eigenvalue weighted by Gasteiger charge is 2.32. The number of pyridine rings is 1. The first-order valence-electron chi connectivity index (χ1n) is 6.20. The Bertz CT molecular complexity index is 646. The summed E-state index contributed by atoms with van der Waals surface area (Å²) < 4.78 is 38.9. The lowest BCUT2D eigenvalue weighted by atomic mass is 10.2. The Labute approximate surface area is 118 Å². The smallest absolute Gasteiger partial charge is 0.319 e. The highest BCUT2D eigenvalue weighted by molar-refractivity contribution is 6.04. The van der Waals surface area contributed by atoms with Gasteiger partial charge >= 0.3 is 6.18 Å². The molecule has 0 aliphatic rings. The number of nitrogens with zero attached hydrogens (tertiary/aromatic N) is 3. The minimum Gasteiger partial charge on any atom is -0.319 e. The lowest BCUT2D eigenvalue weighted by molar-refractivity contribution is -0.141. The van der Waals surface area contributed by atoms with E-state index in [2.05, 4.69) is 15.4 Å². The number of hydrogen-bond donors (Lipinski definition) is 1. The summed E-state index contributed by atoms with van der Waals surface area (Å²) in [5.74, 6) is -0.532. The molecular formula is C13H13F3N4O. The predicted octanol–water partition coefficient (Wildman–Crippen LogP) is 2.88. The van der Waals surface area contributed by atoms with E-state index in [4.69, 9.17) is 0 Å². The molecule has 5 nitrogen and oxygen atoms in total. The molecule has 0 aliphatic heterocycles. The van der Waals surface area contributed by atoms with Gasteiger partial charge in [-0.1, -0.05) is 0 Å². The lowest BCUT2D eigenvalue weighted by Crippen LogP contribution is -2.14. The topological polar surface area (TPSA) is 59.8 Å². The number of alkyl halides is 3. The van der Waals surface area contributed by atoms with Gasteiger partial charge in [-0.2, -0.15) is 18.3 Å². The van der Waals surface area contributed by atoms with E-state index in [-0.39, 0.29) is 5.56 Å². The molecule has 2 aromatic rings. The van der Waals surface area contributed by atoms with E-state index in [1.165, 1.54) is 6.20 Å². The van der Waals surface area contributed by atoms with Crippen LogP contribution < -0.4 is 5.32 Å². The van der Waals surface area contributed by atoms with Crippen LogP contribution in [0.1, 0.15) is 28.7 Å². The van der Waals surface area contributed by atoms with Gasteiger partial charge in [-0.15, -0.1) is 0 Å². The molecule has 8 heteroatoms. The Morgan fingerprint density at radius 3 is 2.52 bits per heavy atom. The van der Waals surface area contributed by atoms with Crippen molar-refractivity contribution in [1.29, 1.82) is 0 Å². The van der Waals surface area contributed by atoms with Crippen LogP contribution in [0.3, 0.4) is 0 Å². The quantitative estimate of drug-likeness (QED) is 0.948. The maximum absolute atomic E-state index is 12.4. The van der Waals surface area contributed by atoms with Crippen molar-refractivity contribution in [2.45, 2.75) is 26.6 Å². The van der Waals surface area contributed by atoms with E-state index in [0.29, 0.717) is 12.2 Å². The average molecular weight is 298 g/mol. The number of nitrogens with one attached hydrogen (secondary N) is 1. The highest BCUT2D eigenvalue weighted by Crippen LogP contribution is 2.27. The summed E-state index contributed by atoms with van der Waals surface area (Å²) in [6.07, 6.45) is -2.13. The molecule has 0 atom stereocenters. The van der Waals surface area contributed by atoms with Gasteiger partial charge in [0.2, 0.25) is 0 Å².